The smallest absolute Gasteiger partial charge is 0.140 e. The molecule has 2 nitrogen and oxygen atoms in total. The summed E-state index contributed by atoms with van der Waals surface area (Å²) in [6.07, 6.45) is 4.70. The van der Waals surface area contributed by atoms with E-state index in [9.17, 15) is 4.79 Å². The molecule has 0 saturated carbocycles. The predicted octanol–water partition coefficient (Wildman–Crippen LogP) is 4.79. The zero-order chi connectivity index (χ0) is 14.3. The molecule has 19 heavy (non-hydrogen) atoms. The van der Waals surface area contributed by atoms with Gasteiger partial charge in [0.05, 0.1) is 7.11 Å². The van der Waals surface area contributed by atoms with Crippen LogP contribution in [0.1, 0.15) is 45.1 Å². The van der Waals surface area contributed by atoms with Crippen LogP contribution in [0.2, 0.25) is 0 Å². The van der Waals surface area contributed by atoms with Crippen molar-refractivity contribution in [1.29, 1.82) is 0 Å². The summed E-state index contributed by atoms with van der Waals surface area (Å²) < 4.78 is 6.19. The van der Waals surface area contributed by atoms with Gasteiger partial charge in [-0.05, 0) is 36.6 Å². The Balaban J connectivity index is 2.74. The fraction of sp³-hybridized carbons (Fsp3) is 0.562. The van der Waals surface area contributed by atoms with Crippen LogP contribution in [0.4, 0.5) is 0 Å². The van der Waals surface area contributed by atoms with Gasteiger partial charge in [0.2, 0.25) is 0 Å². The zero-order valence-corrected chi connectivity index (χ0v) is 13.6. The minimum absolute atomic E-state index is 0.193. The molecule has 106 valence electrons. The summed E-state index contributed by atoms with van der Waals surface area (Å²) in [5, 5.41) is 0. The summed E-state index contributed by atoms with van der Waals surface area (Å²) in [7, 11) is 1.64. The maximum atomic E-state index is 12.3. The number of carbonyl (C=O) groups is 1. The highest BCUT2D eigenvalue weighted by Crippen LogP contribution is 2.25. The first-order valence-electron chi connectivity index (χ1n) is 6.97. The second-order valence-electron chi connectivity index (χ2n) is 4.85. The van der Waals surface area contributed by atoms with E-state index < -0.39 is 0 Å². The number of methoxy groups -OCH3 is 1. The largest absolute Gasteiger partial charge is 0.497 e. The minimum Gasteiger partial charge on any atom is -0.497 e. The second kappa shape index (κ2) is 8.36. The first-order chi connectivity index (χ1) is 9.12. The molecule has 0 bridgehead atoms. The maximum Gasteiger partial charge on any atom is 0.140 e. The van der Waals surface area contributed by atoms with Gasteiger partial charge in [-0.1, -0.05) is 42.6 Å². The van der Waals surface area contributed by atoms with Crippen molar-refractivity contribution < 1.29 is 9.53 Å². The van der Waals surface area contributed by atoms with E-state index in [-0.39, 0.29) is 5.92 Å². The van der Waals surface area contributed by atoms with Gasteiger partial charge in [0, 0.05) is 16.8 Å². The number of ketones is 1. The molecule has 0 radical (unpaired) electrons. The summed E-state index contributed by atoms with van der Waals surface area (Å²) in [6.45, 7) is 4.26. The number of carbonyl (C=O) groups excluding carboxylic acids is 1. The predicted molar refractivity (Wildman–Crippen MR) is 82.7 cm³/mol. The van der Waals surface area contributed by atoms with Gasteiger partial charge in [0.1, 0.15) is 11.5 Å². The Morgan fingerprint density at radius 3 is 2.68 bits per heavy atom. The normalized spacial score (nSPS) is 12.2. The van der Waals surface area contributed by atoms with E-state index in [1.807, 2.05) is 18.2 Å². The van der Waals surface area contributed by atoms with Crippen LogP contribution in [0.25, 0.3) is 0 Å². The van der Waals surface area contributed by atoms with Gasteiger partial charge >= 0.3 is 0 Å². The number of hydrogen-bond donors (Lipinski definition) is 0. The lowest BCUT2D eigenvalue weighted by atomic mass is 9.91. The van der Waals surface area contributed by atoms with E-state index in [0.29, 0.717) is 12.2 Å². The quantitative estimate of drug-likeness (QED) is 0.686. The van der Waals surface area contributed by atoms with Crippen LogP contribution in [0.15, 0.2) is 22.7 Å². The van der Waals surface area contributed by atoms with Crippen molar-refractivity contribution in [3.8, 4) is 5.75 Å². The summed E-state index contributed by atoms with van der Waals surface area (Å²) in [5.74, 6) is 1.33. The molecule has 0 spiro atoms. The zero-order valence-electron chi connectivity index (χ0n) is 12.0. The molecule has 0 aliphatic rings. The van der Waals surface area contributed by atoms with Gasteiger partial charge in [0.15, 0.2) is 0 Å². The Morgan fingerprint density at radius 2 is 2.11 bits per heavy atom. The molecule has 0 amide bonds. The Labute approximate surface area is 124 Å². The summed E-state index contributed by atoms with van der Waals surface area (Å²) >= 11 is 3.50. The van der Waals surface area contributed by atoms with Gasteiger partial charge in [-0.3, -0.25) is 4.79 Å². The monoisotopic (exact) mass is 326 g/mol. The molecule has 0 aliphatic carbocycles. The highest BCUT2D eigenvalue weighted by Gasteiger charge is 2.17. The minimum atomic E-state index is 0.193. The van der Waals surface area contributed by atoms with Crippen molar-refractivity contribution in [1.82, 2.24) is 0 Å². The molecule has 1 aromatic rings. The van der Waals surface area contributed by atoms with E-state index in [2.05, 4.69) is 29.8 Å². The average Bonchev–Trinajstić information content (AvgIpc) is 2.42. The van der Waals surface area contributed by atoms with Gasteiger partial charge < -0.3 is 4.74 Å². The Morgan fingerprint density at radius 1 is 1.37 bits per heavy atom. The molecule has 1 unspecified atom stereocenters. The highest BCUT2D eigenvalue weighted by atomic mass is 79.9. The molecule has 1 aromatic carbocycles. The van der Waals surface area contributed by atoms with E-state index in [4.69, 9.17) is 4.74 Å². The standard InChI is InChI=1S/C16H23BrO2/c1-4-6-7-12(5-2)16(18)11-13-10-14(19-3)8-9-15(13)17/h8-10,12H,4-7,11H2,1-3H3. The molecule has 0 heterocycles. The van der Waals surface area contributed by atoms with E-state index in [1.165, 1.54) is 0 Å². The Bertz CT molecular complexity index is 415. The van der Waals surface area contributed by atoms with Crippen LogP contribution in [-0.2, 0) is 11.2 Å². The lowest BCUT2D eigenvalue weighted by Crippen LogP contribution is -2.16. The first kappa shape index (κ1) is 16.2. The molecule has 1 rings (SSSR count). The third-order valence-corrected chi connectivity index (χ3v) is 4.25. The van der Waals surface area contributed by atoms with Gasteiger partial charge in [-0.15, -0.1) is 0 Å². The van der Waals surface area contributed by atoms with Crippen LogP contribution < -0.4 is 4.74 Å². The topological polar surface area (TPSA) is 26.3 Å². The van der Waals surface area contributed by atoms with Gasteiger partial charge in [0.25, 0.3) is 0 Å². The first-order valence-corrected chi connectivity index (χ1v) is 7.76. The van der Waals surface area contributed by atoms with Crippen molar-refractivity contribution in [3.05, 3.63) is 28.2 Å². The number of benzene rings is 1. The number of rotatable bonds is 8. The molecule has 0 aliphatic heterocycles. The lowest BCUT2D eigenvalue weighted by Gasteiger charge is -2.14. The van der Waals surface area contributed by atoms with Crippen molar-refractivity contribution in [2.75, 3.05) is 7.11 Å². The fourth-order valence-electron chi connectivity index (χ4n) is 2.19. The number of halogens is 1. The van der Waals surface area contributed by atoms with Crippen LogP contribution in [0.3, 0.4) is 0 Å². The van der Waals surface area contributed by atoms with Crippen LogP contribution in [0.5, 0.6) is 5.75 Å². The van der Waals surface area contributed by atoms with Crippen molar-refractivity contribution in [2.24, 2.45) is 5.92 Å². The molecule has 0 saturated heterocycles. The maximum absolute atomic E-state index is 12.3. The van der Waals surface area contributed by atoms with Crippen molar-refractivity contribution >= 4 is 21.7 Å². The summed E-state index contributed by atoms with van der Waals surface area (Å²) in [4.78, 5) is 12.3. The Kier molecular flexibility index (Phi) is 7.14. The molecular weight excluding hydrogens is 304 g/mol. The van der Waals surface area contributed by atoms with Crippen LogP contribution >= 0.6 is 15.9 Å². The molecular formula is C16H23BrO2. The van der Waals surface area contributed by atoms with Crippen molar-refractivity contribution in [2.45, 2.75) is 46.0 Å². The summed E-state index contributed by atoms with van der Waals surface area (Å²) in [6, 6.07) is 5.77. The molecule has 1 atom stereocenters. The van der Waals surface area contributed by atoms with Crippen molar-refractivity contribution in [3.63, 3.8) is 0 Å². The number of hydrogen-bond acceptors (Lipinski definition) is 2. The third-order valence-electron chi connectivity index (χ3n) is 3.47. The highest BCUT2D eigenvalue weighted by molar-refractivity contribution is 9.10. The Hall–Kier alpha value is -0.830. The molecule has 3 heteroatoms. The van der Waals surface area contributed by atoms with Gasteiger partial charge in [-0.2, -0.15) is 0 Å². The van der Waals surface area contributed by atoms with Gasteiger partial charge in [-0.25, -0.2) is 0 Å². The SMILES string of the molecule is CCCCC(CC)C(=O)Cc1cc(OC)ccc1Br. The summed E-state index contributed by atoms with van der Waals surface area (Å²) in [5.41, 5.74) is 1.01. The molecule has 0 N–H and O–H groups in total. The van der Waals surface area contributed by atoms with E-state index >= 15 is 0 Å². The van der Waals surface area contributed by atoms with E-state index in [1.54, 1.807) is 7.11 Å². The average molecular weight is 327 g/mol. The molecule has 0 aromatic heterocycles. The van der Waals surface area contributed by atoms with Crippen LogP contribution in [-0.4, -0.2) is 12.9 Å². The number of unbranched alkanes of at least 4 members (excludes halogenated alkanes) is 1. The second-order valence-corrected chi connectivity index (χ2v) is 5.70. The fourth-order valence-corrected chi connectivity index (χ4v) is 2.58. The number of Topliss-reactive ketones (excluding diaryl/α,β-unsaturated/α-hetero) is 1. The third kappa shape index (κ3) is 4.98. The number of ether oxygens (including phenoxy) is 1. The van der Waals surface area contributed by atoms with Crippen LogP contribution in [0, 0.1) is 5.92 Å². The molecule has 0 fully saturated rings. The lowest BCUT2D eigenvalue weighted by molar-refractivity contribution is -0.122. The van der Waals surface area contributed by atoms with E-state index in [0.717, 1.165) is 41.5 Å².